The maximum Gasteiger partial charge on any atom is 0.119 e. The van der Waals surface area contributed by atoms with Crippen molar-refractivity contribution in [2.75, 3.05) is 20.2 Å². The number of ether oxygens (including phenoxy) is 1. The van der Waals surface area contributed by atoms with Gasteiger partial charge in [-0.05, 0) is 56.5 Å². The van der Waals surface area contributed by atoms with Gasteiger partial charge in [0, 0.05) is 6.04 Å². The molecule has 1 aliphatic rings. The third kappa shape index (κ3) is 3.48. The zero-order chi connectivity index (χ0) is 13.7. The summed E-state index contributed by atoms with van der Waals surface area (Å²) >= 11 is 0. The fourth-order valence-electron chi connectivity index (χ4n) is 2.83. The molecule has 0 radical (unpaired) electrons. The van der Waals surface area contributed by atoms with Crippen LogP contribution in [0.15, 0.2) is 24.3 Å². The van der Waals surface area contributed by atoms with E-state index in [1.165, 1.54) is 18.4 Å². The van der Waals surface area contributed by atoms with Crippen molar-refractivity contribution >= 4 is 0 Å². The summed E-state index contributed by atoms with van der Waals surface area (Å²) in [5, 5.41) is 8.76. The lowest BCUT2D eigenvalue weighted by Crippen LogP contribution is -2.39. The summed E-state index contributed by atoms with van der Waals surface area (Å²) in [6.07, 6.45) is 2.97. The van der Waals surface area contributed by atoms with Gasteiger partial charge in [-0.25, -0.2) is 0 Å². The average Bonchev–Trinajstić information content (AvgIpc) is 2.48. The molecular formula is C16H22N2O. The Morgan fingerprint density at radius 3 is 2.79 bits per heavy atom. The molecule has 1 atom stereocenters. The van der Waals surface area contributed by atoms with Gasteiger partial charge in [0.1, 0.15) is 5.75 Å². The van der Waals surface area contributed by atoms with Crippen molar-refractivity contribution in [1.82, 2.24) is 4.90 Å². The van der Waals surface area contributed by atoms with E-state index in [1.54, 1.807) is 7.11 Å². The summed E-state index contributed by atoms with van der Waals surface area (Å²) in [5.41, 5.74) is 1.38. The average molecular weight is 258 g/mol. The third-order valence-corrected chi connectivity index (χ3v) is 4.10. The van der Waals surface area contributed by atoms with Crippen LogP contribution >= 0.6 is 0 Å². The lowest BCUT2D eigenvalue weighted by Gasteiger charge is -2.35. The van der Waals surface area contributed by atoms with Crippen LogP contribution in [0.4, 0.5) is 0 Å². The van der Waals surface area contributed by atoms with E-state index >= 15 is 0 Å². The lowest BCUT2D eigenvalue weighted by atomic mass is 9.88. The van der Waals surface area contributed by atoms with Gasteiger partial charge >= 0.3 is 0 Å². The summed E-state index contributed by atoms with van der Waals surface area (Å²) in [4.78, 5) is 2.43. The Bertz CT molecular complexity index is 444. The number of hydrogen-bond donors (Lipinski definition) is 0. The van der Waals surface area contributed by atoms with Gasteiger partial charge in [-0.2, -0.15) is 5.26 Å². The Morgan fingerprint density at radius 1 is 1.42 bits per heavy atom. The Hall–Kier alpha value is -1.53. The quantitative estimate of drug-likeness (QED) is 0.832. The first kappa shape index (κ1) is 13.9. The second-order valence-electron chi connectivity index (χ2n) is 5.30. The number of methoxy groups -OCH3 is 1. The van der Waals surface area contributed by atoms with E-state index in [0.29, 0.717) is 18.4 Å². The summed E-state index contributed by atoms with van der Waals surface area (Å²) < 4.78 is 5.29. The normalized spacial score (nSPS) is 18.8. The van der Waals surface area contributed by atoms with E-state index in [4.69, 9.17) is 10.00 Å². The molecule has 0 aliphatic carbocycles. The molecule has 0 unspecified atom stereocenters. The van der Waals surface area contributed by atoms with Crippen LogP contribution in [-0.4, -0.2) is 31.1 Å². The smallest absolute Gasteiger partial charge is 0.119 e. The van der Waals surface area contributed by atoms with Gasteiger partial charge in [0.25, 0.3) is 0 Å². The molecule has 0 spiro atoms. The van der Waals surface area contributed by atoms with Gasteiger partial charge in [0.2, 0.25) is 0 Å². The molecule has 3 nitrogen and oxygen atoms in total. The first-order valence-electron chi connectivity index (χ1n) is 6.99. The molecule has 0 N–H and O–H groups in total. The number of benzene rings is 1. The molecule has 1 aliphatic heterocycles. The Morgan fingerprint density at radius 2 is 2.16 bits per heavy atom. The molecule has 1 heterocycles. The lowest BCUT2D eigenvalue weighted by molar-refractivity contribution is 0.163. The largest absolute Gasteiger partial charge is 0.497 e. The molecule has 0 saturated carbocycles. The molecule has 1 saturated heterocycles. The molecule has 0 amide bonds. The van der Waals surface area contributed by atoms with E-state index < -0.39 is 0 Å². The summed E-state index contributed by atoms with van der Waals surface area (Å²) in [7, 11) is 1.71. The maximum absolute atomic E-state index is 8.76. The van der Waals surface area contributed by atoms with Crippen molar-refractivity contribution in [3.05, 3.63) is 29.8 Å². The Labute approximate surface area is 115 Å². The zero-order valence-corrected chi connectivity index (χ0v) is 11.8. The molecule has 1 aromatic carbocycles. The van der Waals surface area contributed by atoms with Crippen LogP contribution in [0.2, 0.25) is 0 Å². The van der Waals surface area contributed by atoms with Gasteiger partial charge in [-0.3, -0.25) is 4.90 Å². The van der Waals surface area contributed by atoms with E-state index in [0.717, 1.165) is 18.8 Å². The number of nitriles is 1. The summed E-state index contributed by atoms with van der Waals surface area (Å²) in [6.45, 7) is 4.32. The van der Waals surface area contributed by atoms with Gasteiger partial charge in [0.15, 0.2) is 0 Å². The molecular weight excluding hydrogens is 236 g/mol. The van der Waals surface area contributed by atoms with Crippen molar-refractivity contribution in [2.24, 2.45) is 0 Å². The van der Waals surface area contributed by atoms with Crippen LogP contribution in [-0.2, 0) is 0 Å². The number of rotatable bonds is 4. The van der Waals surface area contributed by atoms with Crippen molar-refractivity contribution in [3.8, 4) is 11.8 Å². The predicted octanol–water partition coefficient (Wildman–Crippen LogP) is 3.18. The highest BCUT2D eigenvalue weighted by Crippen LogP contribution is 2.30. The summed E-state index contributed by atoms with van der Waals surface area (Å²) in [6, 6.07) is 11.1. The fraction of sp³-hybridized carbons (Fsp3) is 0.562. The second-order valence-corrected chi connectivity index (χ2v) is 5.30. The van der Waals surface area contributed by atoms with Crippen LogP contribution in [0.3, 0.4) is 0 Å². The first-order chi connectivity index (χ1) is 9.24. The highest BCUT2D eigenvalue weighted by atomic mass is 16.5. The molecule has 19 heavy (non-hydrogen) atoms. The van der Waals surface area contributed by atoms with Crippen molar-refractivity contribution < 1.29 is 4.74 Å². The van der Waals surface area contributed by atoms with Gasteiger partial charge < -0.3 is 4.74 Å². The van der Waals surface area contributed by atoms with Crippen LogP contribution in [0.5, 0.6) is 5.75 Å². The van der Waals surface area contributed by atoms with E-state index in [-0.39, 0.29) is 0 Å². The zero-order valence-electron chi connectivity index (χ0n) is 11.8. The maximum atomic E-state index is 8.76. The Kier molecular flexibility index (Phi) is 4.81. The van der Waals surface area contributed by atoms with Gasteiger partial charge in [-0.1, -0.05) is 12.1 Å². The Balaban J connectivity index is 1.94. The van der Waals surface area contributed by atoms with Gasteiger partial charge in [0.05, 0.1) is 19.6 Å². The minimum atomic E-state index is 0.385. The molecule has 3 heteroatoms. The minimum absolute atomic E-state index is 0.385. The second kappa shape index (κ2) is 6.58. The van der Waals surface area contributed by atoms with Gasteiger partial charge in [-0.15, -0.1) is 0 Å². The van der Waals surface area contributed by atoms with Crippen molar-refractivity contribution in [1.29, 1.82) is 5.26 Å². The number of nitrogens with zero attached hydrogens (tertiary/aromatic N) is 2. The molecule has 102 valence electrons. The number of piperidine rings is 1. The highest BCUT2D eigenvalue weighted by Gasteiger charge is 2.23. The van der Waals surface area contributed by atoms with Crippen LogP contribution in [0.1, 0.15) is 37.7 Å². The molecule has 2 rings (SSSR count). The highest BCUT2D eigenvalue weighted by molar-refractivity contribution is 5.31. The van der Waals surface area contributed by atoms with E-state index in [9.17, 15) is 0 Å². The summed E-state index contributed by atoms with van der Waals surface area (Å²) in [5.74, 6) is 1.57. The van der Waals surface area contributed by atoms with Crippen LogP contribution in [0.25, 0.3) is 0 Å². The number of hydrogen-bond acceptors (Lipinski definition) is 3. The molecule has 0 aromatic heterocycles. The van der Waals surface area contributed by atoms with Crippen LogP contribution in [0, 0.1) is 11.3 Å². The number of likely N-dealkylation sites (tertiary alicyclic amines) is 1. The first-order valence-corrected chi connectivity index (χ1v) is 6.99. The van der Waals surface area contributed by atoms with E-state index in [1.807, 2.05) is 6.07 Å². The van der Waals surface area contributed by atoms with Crippen molar-refractivity contribution in [3.63, 3.8) is 0 Å². The van der Waals surface area contributed by atoms with E-state index in [2.05, 4.69) is 36.1 Å². The third-order valence-electron chi connectivity index (χ3n) is 4.10. The van der Waals surface area contributed by atoms with Crippen LogP contribution < -0.4 is 4.74 Å². The molecule has 1 fully saturated rings. The monoisotopic (exact) mass is 258 g/mol. The predicted molar refractivity (Wildman–Crippen MR) is 76.2 cm³/mol. The molecule has 1 aromatic rings. The van der Waals surface area contributed by atoms with Crippen molar-refractivity contribution in [2.45, 2.75) is 38.1 Å². The standard InChI is InChI=1S/C16H22N2O/c1-13(6-9-17)18-10-7-14(8-11-18)15-4-3-5-16(12-15)19-2/h3-5,12-14H,6-8,10-11H2,1-2H3/t13-/m1/s1. The fourth-order valence-corrected chi connectivity index (χ4v) is 2.83. The topological polar surface area (TPSA) is 36.3 Å². The molecule has 0 bridgehead atoms. The SMILES string of the molecule is COc1cccc(C2CCN([C@H](C)CC#N)CC2)c1. The minimum Gasteiger partial charge on any atom is -0.497 e.